The molecular weight excluding hydrogens is 745 g/mol. The third-order valence-corrected chi connectivity index (χ3v) is 12.6. The summed E-state index contributed by atoms with van der Waals surface area (Å²) in [6, 6.07) is 12.1. The van der Waals surface area contributed by atoms with Crippen molar-refractivity contribution in [1.29, 1.82) is 0 Å². The van der Waals surface area contributed by atoms with Crippen molar-refractivity contribution < 1.29 is 19.0 Å². The molecule has 0 N–H and O–H groups in total. The van der Waals surface area contributed by atoms with Crippen molar-refractivity contribution in [3.8, 4) is 17.2 Å². The van der Waals surface area contributed by atoms with Crippen molar-refractivity contribution in [1.82, 2.24) is 0 Å². The average molecular weight is 835 g/mol. The quantitative estimate of drug-likeness (QED) is 0.0288. The summed E-state index contributed by atoms with van der Waals surface area (Å²) in [6.45, 7) is 11.0. The van der Waals surface area contributed by atoms with E-state index >= 15 is 0 Å². The molecule has 0 radical (unpaired) electrons. The van der Waals surface area contributed by atoms with Crippen LogP contribution in [0.2, 0.25) is 0 Å². The Morgan fingerprint density at radius 3 is 1.19 bits per heavy atom. The zero-order chi connectivity index (χ0) is 42.3. The van der Waals surface area contributed by atoms with E-state index in [9.17, 15) is 4.79 Å². The fourth-order valence-corrected chi connectivity index (χ4v) is 8.33. The third-order valence-electron chi connectivity index (χ3n) is 11.3. The first-order valence-electron chi connectivity index (χ1n) is 25.1. The highest BCUT2D eigenvalue weighted by molar-refractivity contribution is 7.99. The molecule has 0 bridgehead atoms. The van der Waals surface area contributed by atoms with Crippen LogP contribution in [-0.4, -0.2) is 31.4 Å². The van der Waals surface area contributed by atoms with Gasteiger partial charge in [0, 0.05) is 10.5 Å². The summed E-state index contributed by atoms with van der Waals surface area (Å²) in [5, 5.41) is 0. The molecule has 0 aliphatic rings. The summed E-state index contributed by atoms with van der Waals surface area (Å²) < 4.78 is 19.7. The number of ether oxygens (including phenoxy) is 3. The van der Waals surface area contributed by atoms with Gasteiger partial charge < -0.3 is 14.2 Å². The number of hydrogen-bond donors (Lipinski definition) is 0. The normalized spacial score (nSPS) is 11.5. The van der Waals surface area contributed by atoms with Gasteiger partial charge in [0.05, 0.1) is 19.8 Å². The first kappa shape index (κ1) is 52.7. The predicted octanol–water partition coefficient (Wildman–Crippen LogP) is 18.0. The van der Waals surface area contributed by atoms with Gasteiger partial charge in [0.25, 0.3) is 0 Å². The number of thioether (sulfide) groups is 1. The number of hydrogen-bond acceptors (Lipinski definition) is 5. The van der Waals surface area contributed by atoms with E-state index in [4.69, 9.17) is 14.2 Å². The summed E-state index contributed by atoms with van der Waals surface area (Å²) in [6.07, 6.45) is 43.5. The number of benzene rings is 2. The SMILES string of the molecule is CCCCCCCCCCCCOc1cc(/C=C/C(=O)c2ccc(SCCC)cc2)cc(OCCCCCCCCCCCC)c1OCCCCCCCCCCCC. The molecule has 0 aliphatic carbocycles. The van der Waals surface area contributed by atoms with Gasteiger partial charge in [0.2, 0.25) is 5.75 Å². The Labute approximate surface area is 369 Å². The van der Waals surface area contributed by atoms with Gasteiger partial charge in [0.15, 0.2) is 17.3 Å². The van der Waals surface area contributed by atoms with Crippen LogP contribution >= 0.6 is 11.8 Å². The molecule has 4 nitrogen and oxygen atoms in total. The van der Waals surface area contributed by atoms with Crippen LogP contribution in [0.1, 0.15) is 243 Å². The van der Waals surface area contributed by atoms with E-state index in [1.807, 2.05) is 42.1 Å². The van der Waals surface area contributed by atoms with Gasteiger partial charge in [-0.3, -0.25) is 4.79 Å². The molecule has 0 fully saturated rings. The topological polar surface area (TPSA) is 44.8 Å². The maximum Gasteiger partial charge on any atom is 0.203 e. The molecule has 2 aromatic carbocycles. The lowest BCUT2D eigenvalue weighted by atomic mass is 10.1. The van der Waals surface area contributed by atoms with E-state index in [0.717, 1.165) is 54.2 Å². The van der Waals surface area contributed by atoms with Gasteiger partial charge in [-0.2, -0.15) is 0 Å². The van der Waals surface area contributed by atoms with Gasteiger partial charge >= 0.3 is 0 Å². The molecule has 0 unspecified atom stereocenters. The Balaban J connectivity index is 2.11. The van der Waals surface area contributed by atoms with Gasteiger partial charge in [-0.25, -0.2) is 0 Å². The van der Waals surface area contributed by atoms with Crippen LogP contribution in [0.3, 0.4) is 0 Å². The Bertz CT molecular complexity index is 1240. The van der Waals surface area contributed by atoms with Crippen LogP contribution in [0, 0.1) is 0 Å². The Morgan fingerprint density at radius 2 is 0.814 bits per heavy atom. The minimum absolute atomic E-state index is 0.000934. The number of carbonyl (C=O) groups is 1. The van der Waals surface area contributed by atoms with E-state index in [1.54, 1.807) is 6.08 Å². The predicted molar refractivity (Wildman–Crippen MR) is 259 cm³/mol. The van der Waals surface area contributed by atoms with E-state index in [0.29, 0.717) is 25.4 Å². The van der Waals surface area contributed by atoms with Crippen molar-refractivity contribution in [2.24, 2.45) is 0 Å². The number of rotatable bonds is 42. The van der Waals surface area contributed by atoms with Gasteiger partial charge in [-0.1, -0.05) is 207 Å². The smallest absolute Gasteiger partial charge is 0.203 e. The molecule has 5 heteroatoms. The highest BCUT2D eigenvalue weighted by Gasteiger charge is 2.16. The molecule has 2 rings (SSSR count). The van der Waals surface area contributed by atoms with E-state index < -0.39 is 0 Å². The monoisotopic (exact) mass is 835 g/mol. The standard InChI is InChI=1S/C54H90O4S/c1-5-9-12-15-18-21-24-27-30-33-42-56-52-46-48(36-41-51(55)49-37-39-50(40-38-49)59-45-8-4)47-53(57-43-34-31-28-25-22-19-16-13-10-6-2)54(52)58-44-35-32-29-26-23-20-17-14-11-7-3/h36-41,46-47H,5-35,42-45H2,1-4H3/b41-36+. The van der Waals surface area contributed by atoms with Crippen molar-refractivity contribution >= 4 is 23.6 Å². The van der Waals surface area contributed by atoms with Gasteiger partial charge in [-0.15, -0.1) is 11.8 Å². The third kappa shape index (κ3) is 27.9. The average Bonchev–Trinajstić information content (AvgIpc) is 3.25. The lowest BCUT2D eigenvalue weighted by Gasteiger charge is -2.18. The maximum absolute atomic E-state index is 13.3. The van der Waals surface area contributed by atoms with Crippen LogP contribution < -0.4 is 14.2 Å². The minimum Gasteiger partial charge on any atom is -0.490 e. The summed E-state index contributed by atoms with van der Waals surface area (Å²) in [4.78, 5) is 14.5. The molecule has 0 saturated carbocycles. The zero-order valence-corrected chi connectivity index (χ0v) is 39.7. The Kier molecular flexibility index (Phi) is 34.4. The number of allylic oxidation sites excluding steroid dienone is 1. The molecule has 0 heterocycles. The van der Waals surface area contributed by atoms with Crippen LogP contribution in [0.4, 0.5) is 0 Å². The second kappa shape index (κ2) is 38.5. The summed E-state index contributed by atoms with van der Waals surface area (Å²) in [5.41, 5.74) is 1.60. The van der Waals surface area contributed by atoms with Gasteiger partial charge in [-0.05, 0) is 79.5 Å². The molecule has 0 aromatic heterocycles. The zero-order valence-electron chi connectivity index (χ0n) is 38.9. The maximum atomic E-state index is 13.3. The van der Waals surface area contributed by atoms with Crippen molar-refractivity contribution in [3.63, 3.8) is 0 Å². The second-order valence-corrected chi connectivity index (χ2v) is 18.2. The number of carbonyl (C=O) groups excluding carboxylic acids is 1. The summed E-state index contributed by atoms with van der Waals surface area (Å²) in [7, 11) is 0. The number of unbranched alkanes of at least 4 members (excludes halogenated alkanes) is 27. The molecule has 0 spiro atoms. The van der Waals surface area contributed by atoms with Crippen molar-refractivity contribution in [3.05, 3.63) is 53.6 Å². The molecule has 0 atom stereocenters. The molecule has 0 saturated heterocycles. The number of ketones is 1. The molecule has 0 amide bonds. The molecule has 2 aromatic rings. The van der Waals surface area contributed by atoms with Crippen LogP contribution in [0.15, 0.2) is 47.4 Å². The lowest BCUT2D eigenvalue weighted by Crippen LogP contribution is -2.07. The first-order valence-corrected chi connectivity index (χ1v) is 26.1. The lowest BCUT2D eigenvalue weighted by molar-refractivity contribution is 0.104. The van der Waals surface area contributed by atoms with Crippen LogP contribution in [0.5, 0.6) is 17.2 Å². The van der Waals surface area contributed by atoms with Crippen LogP contribution in [-0.2, 0) is 0 Å². The van der Waals surface area contributed by atoms with E-state index in [2.05, 4.69) is 39.8 Å². The van der Waals surface area contributed by atoms with Crippen molar-refractivity contribution in [2.45, 2.75) is 232 Å². The largest absolute Gasteiger partial charge is 0.490 e. The van der Waals surface area contributed by atoms with Crippen LogP contribution in [0.25, 0.3) is 6.08 Å². The first-order chi connectivity index (χ1) is 29.1. The van der Waals surface area contributed by atoms with E-state index in [-0.39, 0.29) is 5.78 Å². The fraction of sp³-hybridized carbons (Fsp3) is 0.722. The summed E-state index contributed by atoms with van der Waals surface area (Å²) in [5.74, 6) is 3.28. The molecular formula is C54H90O4S. The van der Waals surface area contributed by atoms with E-state index in [1.165, 1.54) is 178 Å². The fourth-order valence-electron chi connectivity index (χ4n) is 7.56. The second-order valence-electron chi connectivity index (χ2n) is 17.0. The highest BCUT2D eigenvalue weighted by Crippen LogP contribution is 2.40. The Hall–Kier alpha value is -2.40. The molecule has 0 aliphatic heterocycles. The minimum atomic E-state index is -0.000934. The molecule has 336 valence electrons. The summed E-state index contributed by atoms with van der Waals surface area (Å²) >= 11 is 1.83. The molecule has 59 heavy (non-hydrogen) atoms. The Morgan fingerprint density at radius 1 is 0.458 bits per heavy atom. The van der Waals surface area contributed by atoms with Gasteiger partial charge in [0.1, 0.15) is 0 Å². The highest BCUT2D eigenvalue weighted by atomic mass is 32.2. The van der Waals surface area contributed by atoms with Crippen molar-refractivity contribution in [2.75, 3.05) is 25.6 Å².